The van der Waals surface area contributed by atoms with Gasteiger partial charge in [0.05, 0.1) is 6.26 Å². The molecule has 3 nitrogen and oxygen atoms in total. The molecule has 0 amide bonds. The van der Waals surface area contributed by atoms with Crippen LogP contribution in [0.4, 0.5) is 0 Å². The summed E-state index contributed by atoms with van der Waals surface area (Å²) in [6, 6.07) is 2.06. The van der Waals surface area contributed by atoms with Gasteiger partial charge in [-0.1, -0.05) is 0 Å². The molecule has 1 rings (SSSR count). The summed E-state index contributed by atoms with van der Waals surface area (Å²) in [6.45, 7) is 11.9. The SMILES string of the molecule is Cc1occc1CN(C)CCCCNC(C)(C)C. The molecule has 0 aliphatic rings. The maximum absolute atomic E-state index is 5.31. The standard InChI is InChI=1S/C15H28N2O/c1-13-14(8-11-18-13)12-17(5)10-7-6-9-16-15(2,3)4/h8,11,16H,6-7,9-10,12H2,1-5H3. The summed E-state index contributed by atoms with van der Waals surface area (Å²) in [5, 5.41) is 3.52. The lowest BCUT2D eigenvalue weighted by atomic mass is 10.1. The number of hydrogen-bond acceptors (Lipinski definition) is 3. The van der Waals surface area contributed by atoms with Gasteiger partial charge in [-0.15, -0.1) is 0 Å². The van der Waals surface area contributed by atoms with Crippen molar-refractivity contribution < 1.29 is 4.42 Å². The number of rotatable bonds is 7. The zero-order chi connectivity index (χ0) is 13.6. The second-order valence-electron chi connectivity index (χ2n) is 6.12. The summed E-state index contributed by atoms with van der Waals surface area (Å²) >= 11 is 0. The Morgan fingerprint density at radius 1 is 1.28 bits per heavy atom. The van der Waals surface area contributed by atoms with Crippen LogP contribution in [0.15, 0.2) is 16.7 Å². The average molecular weight is 252 g/mol. The van der Waals surface area contributed by atoms with Gasteiger partial charge in [-0.25, -0.2) is 0 Å². The molecule has 0 aliphatic heterocycles. The molecular formula is C15H28N2O. The Kier molecular flexibility index (Phi) is 5.89. The van der Waals surface area contributed by atoms with E-state index < -0.39 is 0 Å². The number of hydrogen-bond donors (Lipinski definition) is 1. The van der Waals surface area contributed by atoms with Gasteiger partial charge in [-0.2, -0.15) is 0 Å². The van der Waals surface area contributed by atoms with E-state index >= 15 is 0 Å². The lowest BCUT2D eigenvalue weighted by molar-refractivity contribution is 0.311. The van der Waals surface area contributed by atoms with Gasteiger partial charge < -0.3 is 14.6 Å². The fraction of sp³-hybridized carbons (Fsp3) is 0.733. The molecule has 0 atom stereocenters. The maximum atomic E-state index is 5.31. The largest absolute Gasteiger partial charge is 0.469 e. The molecule has 0 aromatic carbocycles. The first-order chi connectivity index (χ1) is 8.38. The number of nitrogens with zero attached hydrogens (tertiary/aromatic N) is 1. The average Bonchev–Trinajstić information content (AvgIpc) is 2.62. The van der Waals surface area contributed by atoms with Gasteiger partial charge in [0.15, 0.2) is 0 Å². The minimum absolute atomic E-state index is 0.236. The van der Waals surface area contributed by atoms with E-state index in [1.54, 1.807) is 6.26 Å². The van der Waals surface area contributed by atoms with Crippen molar-refractivity contribution in [2.75, 3.05) is 20.1 Å². The third-order valence-electron chi connectivity index (χ3n) is 3.03. The van der Waals surface area contributed by atoms with Crippen LogP contribution in [0.25, 0.3) is 0 Å². The van der Waals surface area contributed by atoms with Gasteiger partial charge in [0.1, 0.15) is 5.76 Å². The van der Waals surface area contributed by atoms with Crippen molar-refractivity contribution >= 4 is 0 Å². The van der Waals surface area contributed by atoms with Crippen molar-refractivity contribution in [1.29, 1.82) is 0 Å². The molecule has 1 heterocycles. The molecule has 3 heteroatoms. The topological polar surface area (TPSA) is 28.4 Å². The summed E-state index contributed by atoms with van der Waals surface area (Å²) in [4.78, 5) is 2.36. The predicted molar refractivity (Wildman–Crippen MR) is 76.8 cm³/mol. The van der Waals surface area contributed by atoms with Gasteiger partial charge >= 0.3 is 0 Å². The van der Waals surface area contributed by atoms with Gasteiger partial charge in [0.2, 0.25) is 0 Å². The molecule has 1 aromatic heterocycles. The Balaban J connectivity index is 2.11. The van der Waals surface area contributed by atoms with Crippen LogP contribution in [0, 0.1) is 6.92 Å². The second-order valence-corrected chi connectivity index (χ2v) is 6.12. The Labute approximate surface area is 112 Å². The number of aryl methyl sites for hydroxylation is 1. The number of unbranched alkanes of at least 4 members (excludes halogenated alkanes) is 1. The van der Waals surface area contributed by atoms with E-state index in [9.17, 15) is 0 Å². The maximum Gasteiger partial charge on any atom is 0.105 e. The van der Waals surface area contributed by atoms with E-state index in [0.717, 1.165) is 25.4 Å². The smallest absolute Gasteiger partial charge is 0.105 e. The minimum Gasteiger partial charge on any atom is -0.469 e. The van der Waals surface area contributed by atoms with Crippen LogP contribution < -0.4 is 5.32 Å². The van der Waals surface area contributed by atoms with Gasteiger partial charge in [0.25, 0.3) is 0 Å². The highest BCUT2D eigenvalue weighted by Gasteiger charge is 2.08. The van der Waals surface area contributed by atoms with E-state index in [4.69, 9.17) is 4.42 Å². The third-order valence-corrected chi connectivity index (χ3v) is 3.03. The van der Waals surface area contributed by atoms with Crippen molar-refractivity contribution in [1.82, 2.24) is 10.2 Å². The van der Waals surface area contributed by atoms with Gasteiger partial charge in [0, 0.05) is 17.6 Å². The molecule has 0 saturated heterocycles. The Hall–Kier alpha value is -0.800. The summed E-state index contributed by atoms with van der Waals surface area (Å²) in [5.74, 6) is 1.04. The molecule has 104 valence electrons. The quantitative estimate of drug-likeness (QED) is 0.755. The molecule has 0 fully saturated rings. The minimum atomic E-state index is 0.236. The van der Waals surface area contributed by atoms with E-state index in [1.807, 2.05) is 6.92 Å². The van der Waals surface area contributed by atoms with Crippen LogP contribution in [0.3, 0.4) is 0 Å². The lowest BCUT2D eigenvalue weighted by Crippen LogP contribution is -2.36. The van der Waals surface area contributed by atoms with Crippen LogP contribution in [0.5, 0.6) is 0 Å². The van der Waals surface area contributed by atoms with Crippen LogP contribution >= 0.6 is 0 Å². The Bertz CT molecular complexity index is 339. The van der Waals surface area contributed by atoms with Crippen molar-refractivity contribution in [2.24, 2.45) is 0 Å². The second kappa shape index (κ2) is 6.95. The van der Waals surface area contributed by atoms with Crippen LogP contribution in [0.1, 0.15) is 44.9 Å². The molecule has 0 saturated carbocycles. The summed E-state index contributed by atoms with van der Waals surface area (Å²) in [6.07, 6.45) is 4.23. The molecular weight excluding hydrogens is 224 g/mol. The molecule has 0 spiro atoms. The Morgan fingerprint density at radius 2 is 2.00 bits per heavy atom. The third kappa shape index (κ3) is 6.22. The van der Waals surface area contributed by atoms with E-state index in [-0.39, 0.29) is 5.54 Å². The summed E-state index contributed by atoms with van der Waals surface area (Å²) in [5.41, 5.74) is 1.53. The van der Waals surface area contributed by atoms with Crippen LogP contribution in [-0.2, 0) is 6.54 Å². The van der Waals surface area contributed by atoms with E-state index in [2.05, 4.69) is 44.1 Å². The first-order valence-corrected chi connectivity index (χ1v) is 6.85. The molecule has 1 aromatic rings. The highest BCUT2D eigenvalue weighted by molar-refractivity contribution is 5.14. The van der Waals surface area contributed by atoms with E-state index in [0.29, 0.717) is 0 Å². The molecule has 0 aliphatic carbocycles. The molecule has 0 unspecified atom stereocenters. The highest BCUT2D eigenvalue weighted by Crippen LogP contribution is 2.11. The first kappa shape index (κ1) is 15.3. The summed E-state index contributed by atoms with van der Waals surface area (Å²) in [7, 11) is 2.17. The number of nitrogens with one attached hydrogen (secondary N) is 1. The van der Waals surface area contributed by atoms with Crippen LogP contribution in [0.2, 0.25) is 0 Å². The van der Waals surface area contributed by atoms with E-state index in [1.165, 1.54) is 18.4 Å². The monoisotopic (exact) mass is 252 g/mol. The summed E-state index contributed by atoms with van der Waals surface area (Å²) < 4.78 is 5.31. The van der Waals surface area contributed by atoms with Gasteiger partial charge in [-0.3, -0.25) is 0 Å². The first-order valence-electron chi connectivity index (χ1n) is 6.85. The van der Waals surface area contributed by atoms with Crippen molar-refractivity contribution in [3.8, 4) is 0 Å². The van der Waals surface area contributed by atoms with Crippen molar-refractivity contribution in [3.63, 3.8) is 0 Å². The number of furan rings is 1. The normalized spacial score (nSPS) is 12.3. The Morgan fingerprint density at radius 3 is 2.56 bits per heavy atom. The predicted octanol–water partition coefficient (Wildman–Crippen LogP) is 3.19. The molecule has 0 bridgehead atoms. The fourth-order valence-electron chi connectivity index (χ4n) is 1.92. The zero-order valence-electron chi connectivity index (χ0n) is 12.5. The molecule has 1 N–H and O–H groups in total. The van der Waals surface area contributed by atoms with Crippen molar-refractivity contribution in [2.45, 2.75) is 52.6 Å². The van der Waals surface area contributed by atoms with Crippen LogP contribution in [-0.4, -0.2) is 30.6 Å². The lowest BCUT2D eigenvalue weighted by Gasteiger charge is -2.21. The molecule has 18 heavy (non-hydrogen) atoms. The zero-order valence-corrected chi connectivity index (χ0v) is 12.5. The van der Waals surface area contributed by atoms with Gasteiger partial charge in [-0.05, 0) is 66.7 Å². The molecule has 0 radical (unpaired) electrons. The van der Waals surface area contributed by atoms with Crippen molar-refractivity contribution in [3.05, 3.63) is 23.7 Å². The fourth-order valence-corrected chi connectivity index (χ4v) is 1.92. The highest BCUT2D eigenvalue weighted by atomic mass is 16.3.